The second-order valence-corrected chi connectivity index (χ2v) is 9.26. The summed E-state index contributed by atoms with van der Waals surface area (Å²) in [7, 11) is 0. The van der Waals surface area contributed by atoms with Crippen LogP contribution >= 0.6 is 0 Å². The van der Waals surface area contributed by atoms with Gasteiger partial charge in [-0.05, 0) is 35.4 Å². The number of carbonyl (C=O) groups excluding carboxylic acids is 3. The highest BCUT2D eigenvalue weighted by atomic mass is 16.6. The predicted molar refractivity (Wildman–Crippen MR) is 130 cm³/mol. The van der Waals surface area contributed by atoms with Crippen LogP contribution in [0.2, 0.25) is 0 Å². The number of rotatable bonds is 14. The standard InChI is InChI=1S/C26H39NO8/c1-7-15(3)11-22(29)34-20-10-9-19(13-21(20)35-23(30)12-16(4)8-2)24(25(27)26(31)32)17(5)14-33-18(6)28/h9-10,13,15-17,24-25H,7-8,11-12,14,27H2,1-6H3,(H,31,32)/t15?,16?,17?,24?,25-/m0/s1. The van der Waals surface area contributed by atoms with Crippen molar-refractivity contribution < 1.29 is 38.5 Å². The molecule has 0 radical (unpaired) electrons. The van der Waals surface area contributed by atoms with E-state index in [2.05, 4.69) is 0 Å². The van der Waals surface area contributed by atoms with Gasteiger partial charge in [-0.2, -0.15) is 0 Å². The Morgan fingerprint density at radius 1 is 0.914 bits per heavy atom. The molecule has 1 aromatic rings. The minimum Gasteiger partial charge on any atom is -0.480 e. The van der Waals surface area contributed by atoms with E-state index in [-0.39, 0.29) is 42.8 Å². The molecule has 0 amide bonds. The number of carboxylic acids is 1. The quantitative estimate of drug-likeness (QED) is 0.290. The average Bonchev–Trinajstić information content (AvgIpc) is 2.78. The van der Waals surface area contributed by atoms with E-state index in [1.165, 1.54) is 19.1 Å². The van der Waals surface area contributed by atoms with Gasteiger partial charge >= 0.3 is 23.9 Å². The minimum absolute atomic E-state index is 0.00980. The molecule has 0 bridgehead atoms. The van der Waals surface area contributed by atoms with Crippen molar-refractivity contribution in [1.29, 1.82) is 0 Å². The fourth-order valence-electron chi connectivity index (χ4n) is 3.48. The average molecular weight is 494 g/mol. The fourth-order valence-corrected chi connectivity index (χ4v) is 3.48. The number of carbonyl (C=O) groups is 4. The lowest BCUT2D eigenvalue weighted by atomic mass is 9.82. The summed E-state index contributed by atoms with van der Waals surface area (Å²) in [6, 6.07) is 3.20. The summed E-state index contributed by atoms with van der Waals surface area (Å²) in [5.41, 5.74) is 6.44. The van der Waals surface area contributed by atoms with Gasteiger partial charge in [0.1, 0.15) is 6.04 Å². The van der Waals surface area contributed by atoms with E-state index in [1.54, 1.807) is 13.0 Å². The van der Waals surface area contributed by atoms with Crippen LogP contribution in [0.4, 0.5) is 0 Å². The number of ether oxygens (including phenoxy) is 3. The zero-order valence-electron chi connectivity index (χ0n) is 21.5. The van der Waals surface area contributed by atoms with Gasteiger partial charge in [-0.3, -0.25) is 19.2 Å². The molecule has 9 nitrogen and oxygen atoms in total. The first-order valence-corrected chi connectivity index (χ1v) is 12.1. The Balaban J connectivity index is 3.39. The zero-order valence-corrected chi connectivity index (χ0v) is 21.5. The molecule has 1 aromatic carbocycles. The SMILES string of the molecule is CCC(C)CC(=O)Oc1ccc(C(C(C)COC(C)=O)[C@H](N)C(=O)O)cc1OC(=O)CC(C)CC. The molecule has 35 heavy (non-hydrogen) atoms. The third kappa shape index (κ3) is 10.1. The molecule has 3 N–H and O–H groups in total. The van der Waals surface area contributed by atoms with Crippen molar-refractivity contribution in [2.45, 2.75) is 79.2 Å². The molecule has 0 aliphatic carbocycles. The van der Waals surface area contributed by atoms with Gasteiger partial charge in [-0.25, -0.2) is 0 Å². The molecule has 0 saturated heterocycles. The fraction of sp³-hybridized carbons (Fsp3) is 0.615. The van der Waals surface area contributed by atoms with E-state index in [1.807, 2.05) is 27.7 Å². The highest BCUT2D eigenvalue weighted by Gasteiger charge is 2.32. The van der Waals surface area contributed by atoms with Crippen molar-refractivity contribution in [2.24, 2.45) is 23.5 Å². The summed E-state index contributed by atoms with van der Waals surface area (Å²) in [4.78, 5) is 47.9. The van der Waals surface area contributed by atoms with Crippen LogP contribution in [0.5, 0.6) is 11.5 Å². The summed E-state index contributed by atoms with van der Waals surface area (Å²) >= 11 is 0. The van der Waals surface area contributed by atoms with Crippen molar-refractivity contribution in [2.75, 3.05) is 6.61 Å². The van der Waals surface area contributed by atoms with Crippen molar-refractivity contribution >= 4 is 23.9 Å². The first-order chi connectivity index (χ1) is 16.4. The first-order valence-electron chi connectivity index (χ1n) is 12.1. The monoisotopic (exact) mass is 493 g/mol. The third-order valence-corrected chi connectivity index (χ3v) is 6.06. The molecule has 0 spiro atoms. The molecular weight excluding hydrogens is 454 g/mol. The number of carboxylic acid groups (broad SMARTS) is 1. The molecule has 4 unspecified atom stereocenters. The van der Waals surface area contributed by atoms with Crippen LogP contribution in [-0.4, -0.2) is 41.6 Å². The Labute approximate surface area is 207 Å². The van der Waals surface area contributed by atoms with Gasteiger partial charge in [0.2, 0.25) is 0 Å². The van der Waals surface area contributed by atoms with Crippen LogP contribution in [-0.2, 0) is 23.9 Å². The minimum atomic E-state index is -1.32. The van der Waals surface area contributed by atoms with Crippen LogP contribution in [0, 0.1) is 17.8 Å². The lowest BCUT2D eigenvalue weighted by Crippen LogP contribution is -2.40. The second kappa shape index (κ2) is 14.5. The van der Waals surface area contributed by atoms with Crippen LogP contribution in [0.15, 0.2) is 18.2 Å². The zero-order chi connectivity index (χ0) is 26.7. The first kappa shape index (κ1) is 30.1. The van der Waals surface area contributed by atoms with Gasteiger partial charge in [0.25, 0.3) is 0 Å². The topological polar surface area (TPSA) is 142 Å². The third-order valence-electron chi connectivity index (χ3n) is 6.06. The van der Waals surface area contributed by atoms with Crippen LogP contribution < -0.4 is 15.2 Å². The normalized spacial score (nSPS) is 15.3. The number of nitrogens with two attached hydrogens (primary N) is 1. The van der Waals surface area contributed by atoms with Gasteiger partial charge in [-0.1, -0.05) is 53.5 Å². The number of aliphatic carboxylic acids is 1. The molecule has 0 aliphatic rings. The summed E-state index contributed by atoms with van der Waals surface area (Å²) in [5, 5.41) is 9.57. The smallest absolute Gasteiger partial charge is 0.321 e. The highest BCUT2D eigenvalue weighted by molar-refractivity contribution is 5.77. The van der Waals surface area contributed by atoms with Gasteiger partial charge in [-0.15, -0.1) is 0 Å². The molecule has 0 fully saturated rings. The molecule has 1 rings (SSSR count). The van der Waals surface area contributed by atoms with E-state index in [9.17, 15) is 24.3 Å². The number of hydrogen-bond acceptors (Lipinski definition) is 8. The number of hydrogen-bond donors (Lipinski definition) is 2. The van der Waals surface area contributed by atoms with Gasteiger partial charge in [0, 0.05) is 25.7 Å². The van der Waals surface area contributed by atoms with Crippen molar-refractivity contribution in [1.82, 2.24) is 0 Å². The Bertz CT molecular complexity index is 884. The Kier molecular flexibility index (Phi) is 12.4. The summed E-state index contributed by atoms with van der Waals surface area (Å²) in [5.74, 6) is -3.64. The molecule has 5 atom stereocenters. The Morgan fingerprint density at radius 3 is 1.89 bits per heavy atom. The van der Waals surface area contributed by atoms with E-state index < -0.39 is 41.8 Å². The van der Waals surface area contributed by atoms with E-state index >= 15 is 0 Å². The van der Waals surface area contributed by atoms with Crippen molar-refractivity contribution in [3.8, 4) is 11.5 Å². The Morgan fingerprint density at radius 2 is 1.43 bits per heavy atom. The molecule has 9 heteroatoms. The van der Waals surface area contributed by atoms with E-state index in [0.717, 1.165) is 12.8 Å². The molecule has 0 aliphatic heterocycles. The van der Waals surface area contributed by atoms with Crippen LogP contribution in [0.1, 0.15) is 78.7 Å². The molecule has 0 heterocycles. The molecule has 0 aromatic heterocycles. The number of benzene rings is 1. The Hall–Kier alpha value is -2.94. The maximum absolute atomic E-state index is 12.5. The maximum atomic E-state index is 12.5. The second-order valence-electron chi connectivity index (χ2n) is 9.26. The van der Waals surface area contributed by atoms with E-state index in [0.29, 0.717) is 5.56 Å². The number of esters is 3. The van der Waals surface area contributed by atoms with Crippen molar-refractivity contribution in [3.05, 3.63) is 23.8 Å². The molecule has 0 saturated carbocycles. The largest absolute Gasteiger partial charge is 0.480 e. The predicted octanol–water partition coefficient (Wildman–Crippen LogP) is 4.06. The van der Waals surface area contributed by atoms with Crippen LogP contribution in [0.25, 0.3) is 0 Å². The van der Waals surface area contributed by atoms with E-state index in [4.69, 9.17) is 19.9 Å². The van der Waals surface area contributed by atoms with Gasteiger partial charge < -0.3 is 25.1 Å². The van der Waals surface area contributed by atoms with Crippen LogP contribution in [0.3, 0.4) is 0 Å². The lowest BCUT2D eigenvalue weighted by molar-refractivity contribution is -0.143. The highest BCUT2D eigenvalue weighted by Crippen LogP contribution is 2.36. The maximum Gasteiger partial charge on any atom is 0.321 e. The summed E-state index contributed by atoms with van der Waals surface area (Å²) < 4.78 is 16.1. The van der Waals surface area contributed by atoms with Gasteiger partial charge in [0.15, 0.2) is 11.5 Å². The van der Waals surface area contributed by atoms with Gasteiger partial charge in [0.05, 0.1) is 6.61 Å². The lowest BCUT2D eigenvalue weighted by Gasteiger charge is -2.28. The molecular formula is C26H39NO8. The molecule has 196 valence electrons. The summed E-state index contributed by atoms with van der Waals surface area (Å²) in [6.07, 6.45) is 1.96. The summed E-state index contributed by atoms with van der Waals surface area (Å²) in [6.45, 7) is 10.7. The van der Waals surface area contributed by atoms with Crippen molar-refractivity contribution in [3.63, 3.8) is 0 Å².